The van der Waals surface area contributed by atoms with Crippen LogP contribution in [0.15, 0.2) is 59.6 Å². The van der Waals surface area contributed by atoms with E-state index in [4.69, 9.17) is 27.8 Å². The Morgan fingerprint density at radius 1 is 1.03 bits per heavy atom. The molecule has 1 fully saturated rings. The van der Waals surface area contributed by atoms with Crippen LogP contribution in [0.3, 0.4) is 0 Å². The summed E-state index contributed by atoms with van der Waals surface area (Å²) in [6.07, 6.45) is 0. The highest BCUT2D eigenvalue weighted by Gasteiger charge is 2.20. The average Bonchev–Trinajstić information content (AvgIpc) is 2.87. The van der Waals surface area contributed by atoms with Crippen LogP contribution in [0, 0.1) is 6.92 Å². The van der Waals surface area contributed by atoms with E-state index < -0.39 is 0 Å². The number of nitrogens with two attached hydrogens (primary N) is 2. The van der Waals surface area contributed by atoms with Crippen LogP contribution in [0.25, 0.3) is 11.1 Å². The van der Waals surface area contributed by atoms with Gasteiger partial charge >= 0.3 is 0 Å². The second-order valence-corrected chi connectivity index (χ2v) is 9.27. The topological polar surface area (TPSA) is 109 Å². The molecule has 188 valence electrons. The molecular formula is C27H31ClN6O2. The largest absolute Gasteiger partial charge is 0.497 e. The first-order valence-electron chi connectivity index (χ1n) is 11.7. The van der Waals surface area contributed by atoms with Crippen LogP contribution in [0.2, 0.25) is 5.02 Å². The number of rotatable bonds is 5. The van der Waals surface area contributed by atoms with Crippen molar-refractivity contribution in [1.29, 1.82) is 0 Å². The van der Waals surface area contributed by atoms with Gasteiger partial charge in [0.05, 0.1) is 18.5 Å². The zero-order valence-corrected chi connectivity index (χ0v) is 21.5. The van der Waals surface area contributed by atoms with E-state index in [9.17, 15) is 4.79 Å². The maximum atomic E-state index is 12.7. The van der Waals surface area contributed by atoms with Gasteiger partial charge in [0.25, 0.3) is 5.91 Å². The third-order valence-corrected chi connectivity index (χ3v) is 6.60. The lowest BCUT2D eigenvalue weighted by Crippen LogP contribution is -2.47. The van der Waals surface area contributed by atoms with E-state index in [1.807, 2.05) is 48.2 Å². The van der Waals surface area contributed by atoms with Crippen molar-refractivity contribution in [3.63, 3.8) is 0 Å². The van der Waals surface area contributed by atoms with Crippen LogP contribution in [0.1, 0.15) is 15.9 Å². The van der Waals surface area contributed by atoms with E-state index >= 15 is 0 Å². The molecule has 0 unspecified atom stereocenters. The van der Waals surface area contributed by atoms with Crippen molar-refractivity contribution in [1.82, 2.24) is 9.80 Å². The van der Waals surface area contributed by atoms with Crippen molar-refractivity contribution >= 4 is 40.5 Å². The van der Waals surface area contributed by atoms with Crippen molar-refractivity contribution in [3.8, 4) is 16.9 Å². The molecule has 0 bridgehead atoms. The summed E-state index contributed by atoms with van der Waals surface area (Å²) in [6, 6.07) is 16.4. The average molecular weight is 507 g/mol. The molecule has 1 amide bonds. The first-order chi connectivity index (χ1) is 17.2. The van der Waals surface area contributed by atoms with Crippen molar-refractivity contribution < 1.29 is 9.53 Å². The van der Waals surface area contributed by atoms with E-state index in [0.717, 1.165) is 48.6 Å². The molecule has 0 radical (unpaired) electrons. The van der Waals surface area contributed by atoms with E-state index in [0.29, 0.717) is 27.7 Å². The third-order valence-electron chi connectivity index (χ3n) is 6.27. The van der Waals surface area contributed by atoms with Crippen molar-refractivity contribution in [3.05, 3.63) is 70.7 Å². The van der Waals surface area contributed by atoms with Gasteiger partial charge in [-0.05, 0) is 79.7 Å². The monoisotopic (exact) mass is 506 g/mol. The predicted molar refractivity (Wildman–Crippen MR) is 147 cm³/mol. The number of nitrogen functional groups attached to an aromatic ring is 1. The molecule has 5 N–H and O–H groups in total. The zero-order chi connectivity index (χ0) is 25.8. The Kier molecular flexibility index (Phi) is 7.67. The molecule has 4 rings (SSSR count). The molecule has 9 heteroatoms. The summed E-state index contributed by atoms with van der Waals surface area (Å²) in [4.78, 5) is 21.3. The molecule has 1 aliphatic rings. The predicted octanol–water partition coefficient (Wildman–Crippen LogP) is 4.35. The molecule has 0 saturated carbocycles. The lowest BCUT2D eigenvalue weighted by molar-refractivity contribution is 0.0664. The molecular weight excluding hydrogens is 476 g/mol. The maximum absolute atomic E-state index is 12.7. The molecule has 3 aromatic rings. The fraction of sp³-hybridized carbons (Fsp3) is 0.259. The highest BCUT2D eigenvalue weighted by atomic mass is 35.5. The summed E-state index contributed by atoms with van der Waals surface area (Å²) in [5, 5.41) is 3.66. The zero-order valence-electron chi connectivity index (χ0n) is 20.7. The van der Waals surface area contributed by atoms with Gasteiger partial charge < -0.3 is 31.3 Å². The van der Waals surface area contributed by atoms with E-state index in [1.165, 1.54) is 0 Å². The summed E-state index contributed by atoms with van der Waals surface area (Å²) in [7, 11) is 3.68. The Morgan fingerprint density at radius 2 is 1.72 bits per heavy atom. The molecule has 0 aliphatic carbocycles. The lowest BCUT2D eigenvalue weighted by atomic mass is 9.98. The summed E-state index contributed by atoms with van der Waals surface area (Å²) < 4.78 is 5.33. The maximum Gasteiger partial charge on any atom is 0.253 e. The standard InChI is InChI=1S/C27H31ClN6O2/c1-17-14-25(24(29)16-21(17)22-15-20(36-3)8-9-23(22)28)32-27(30)31-19-6-4-18(5-7-19)26(35)34-12-10-33(2)11-13-34/h4-9,14-16H,10-13,29H2,1-3H3,(H3,30,31,32). The summed E-state index contributed by atoms with van der Waals surface area (Å²) in [5.41, 5.74) is 17.5. The van der Waals surface area contributed by atoms with Gasteiger partial charge in [-0.15, -0.1) is 0 Å². The number of anilines is 2. The van der Waals surface area contributed by atoms with Crippen LogP contribution >= 0.6 is 11.6 Å². The Hall–Kier alpha value is -3.75. The number of ether oxygens (including phenoxy) is 1. The minimum atomic E-state index is 0.0377. The first-order valence-corrected chi connectivity index (χ1v) is 12.1. The highest BCUT2D eigenvalue weighted by molar-refractivity contribution is 6.33. The summed E-state index contributed by atoms with van der Waals surface area (Å²) in [6.45, 7) is 5.20. The number of methoxy groups -OCH3 is 1. The number of aryl methyl sites for hydroxylation is 1. The summed E-state index contributed by atoms with van der Waals surface area (Å²) in [5.74, 6) is 0.932. The van der Waals surface area contributed by atoms with Crippen LogP contribution in [-0.4, -0.2) is 62.0 Å². The molecule has 0 spiro atoms. The SMILES string of the molecule is COc1ccc(Cl)c(-c2cc(N)c(N=C(N)Nc3ccc(C(=O)N4CCN(C)CC4)cc3)cc2C)c1. The molecule has 1 aliphatic heterocycles. The van der Waals surface area contributed by atoms with Gasteiger partial charge in [-0.1, -0.05) is 11.6 Å². The van der Waals surface area contributed by atoms with Crippen LogP contribution in [-0.2, 0) is 0 Å². The van der Waals surface area contributed by atoms with Crippen molar-refractivity contribution in [2.75, 3.05) is 51.4 Å². The molecule has 8 nitrogen and oxygen atoms in total. The van der Waals surface area contributed by atoms with Crippen LogP contribution in [0.4, 0.5) is 17.1 Å². The third kappa shape index (κ3) is 5.72. The number of benzene rings is 3. The van der Waals surface area contributed by atoms with Crippen molar-refractivity contribution in [2.24, 2.45) is 10.7 Å². The van der Waals surface area contributed by atoms with E-state index in [1.54, 1.807) is 25.3 Å². The fourth-order valence-corrected chi connectivity index (χ4v) is 4.35. The van der Waals surface area contributed by atoms with Gasteiger partial charge in [-0.2, -0.15) is 0 Å². The number of halogens is 1. The number of guanidine groups is 1. The first kappa shape index (κ1) is 25.3. The van der Waals surface area contributed by atoms with Gasteiger partial charge in [0.2, 0.25) is 0 Å². The number of carbonyl (C=O) groups excluding carboxylic acids is 1. The molecule has 3 aromatic carbocycles. The highest BCUT2D eigenvalue weighted by Crippen LogP contribution is 2.37. The number of likely N-dealkylation sites (N-methyl/N-ethyl adjacent to an activating group) is 1. The minimum Gasteiger partial charge on any atom is -0.497 e. The van der Waals surface area contributed by atoms with Gasteiger partial charge in [0, 0.05) is 48.0 Å². The van der Waals surface area contributed by atoms with E-state index in [-0.39, 0.29) is 11.9 Å². The number of nitrogens with one attached hydrogen (secondary N) is 1. The summed E-state index contributed by atoms with van der Waals surface area (Å²) >= 11 is 6.43. The molecule has 36 heavy (non-hydrogen) atoms. The number of piperazine rings is 1. The van der Waals surface area contributed by atoms with Crippen molar-refractivity contribution in [2.45, 2.75) is 6.92 Å². The normalized spacial score (nSPS) is 14.6. The number of aliphatic imine (C=N–C) groups is 1. The Morgan fingerprint density at radius 3 is 2.39 bits per heavy atom. The number of hydrogen-bond acceptors (Lipinski definition) is 5. The number of carbonyl (C=O) groups is 1. The Bertz CT molecular complexity index is 1280. The quantitative estimate of drug-likeness (QED) is 0.269. The van der Waals surface area contributed by atoms with Crippen LogP contribution in [0.5, 0.6) is 5.75 Å². The lowest BCUT2D eigenvalue weighted by Gasteiger charge is -2.32. The van der Waals surface area contributed by atoms with Gasteiger partial charge in [0.15, 0.2) is 5.96 Å². The fourth-order valence-electron chi connectivity index (χ4n) is 4.13. The minimum absolute atomic E-state index is 0.0377. The Labute approximate surface area is 216 Å². The van der Waals surface area contributed by atoms with Gasteiger partial charge in [-0.3, -0.25) is 4.79 Å². The molecule has 1 heterocycles. The second kappa shape index (κ2) is 10.9. The van der Waals surface area contributed by atoms with Crippen LogP contribution < -0.4 is 21.5 Å². The Balaban J connectivity index is 1.48. The molecule has 1 saturated heterocycles. The smallest absolute Gasteiger partial charge is 0.253 e. The number of nitrogens with zero attached hydrogens (tertiary/aromatic N) is 3. The van der Waals surface area contributed by atoms with E-state index in [2.05, 4.69) is 22.3 Å². The molecule has 0 aromatic heterocycles. The number of hydrogen-bond donors (Lipinski definition) is 3. The number of amides is 1. The van der Waals surface area contributed by atoms with Gasteiger partial charge in [0.1, 0.15) is 5.75 Å². The second-order valence-electron chi connectivity index (χ2n) is 8.87. The van der Waals surface area contributed by atoms with Gasteiger partial charge in [-0.25, -0.2) is 4.99 Å². The molecule has 0 atom stereocenters.